The van der Waals surface area contributed by atoms with E-state index in [4.69, 9.17) is 0 Å². The number of hydrogen-bond acceptors (Lipinski definition) is 3. The first-order valence-electron chi connectivity index (χ1n) is 6.24. The number of likely N-dealkylation sites (tertiary alicyclic amines) is 1. The normalized spacial score (nSPS) is 30.6. The Morgan fingerprint density at radius 1 is 1.44 bits per heavy atom. The van der Waals surface area contributed by atoms with Crippen LogP contribution in [0, 0.1) is 11.8 Å². The minimum Gasteiger partial charge on any atom is -0.393 e. The van der Waals surface area contributed by atoms with Gasteiger partial charge in [0.15, 0.2) is 0 Å². The third kappa shape index (κ3) is 1.95. The lowest BCUT2D eigenvalue weighted by Gasteiger charge is -2.18. The van der Waals surface area contributed by atoms with Gasteiger partial charge in [-0.1, -0.05) is 0 Å². The van der Waals surface area contributed by atoms with Gasteiger partial charge in [0.2, 0.25) is 0 Å². The van der Waals surface area contributed by atoms with E-state index in [1.54, 1.807) is 18.3 Å². The Balaban J connectivity index is 1.78. The first kappa shape index (κ1) is 12.1. The van der Waals surface area contributed by atoms with Gasteiger partial charge in [0, 0.05) is 25.2 Å². The van der Waals surface area contributed by atoms with E-state index < -0.39 is 0 Å². The van der Waals surface area contributed by atoms with Crippen molar-refractivity contribution in [3.8, 4) is 0 Å². The summed E-state index contributed by atoms with van der Waals surface area (Å²) in [7, 11) is 0. The Hall–Kier alpha value is -0.940. The molecule has 0 radical (unpaired) electrons. The molecule has 3 rings (SSSR count). The third-order valence-electron chi connectivity index (χ3n) is 4.10. The largest absolute Gasteiger partial charge is 0.393 e. The summed E-state index contributed by atoms with van der Waals surface area (Å²) in [5.74, 6) is 0.750. The van der Waals surface area contributed by atoms with Gasteiger partial charge in [-0.3, -0.25) is 4.79 Å². The molecule has 4 nitrogen and oxygen atoms in total. The number of aromatic nitrogens is 1. The molecule has 18 heavy (non-hydrogen) atoms. The molecule has 2 fully saturated rings. The lowest BCUT2D eigenvalue weighted by atomic mass is 10.00. The number of nitrogens with zero attached hydrogens (tertiary/aromatic N) is 2. The van der Waals surface area contributed by atoms with Gasteiger partial charge >= 0.3 is 0 Å². The molecule has 1 saturated heterocycles. The summed E-state index contributed by atoms with van der Waals surface area (Å²) in [5.41, 5.74) is 0.604. The van der Waals surface area contributed by atoms with Crippen molar-refractivity contribution in [2.75, 3.05) is 13.1 Å². The van der Waals surface area contributed by atoms with E-state index in [1.165, 1.54) is 0 Å². The zero-order valence-corrected chi connectivity index (χ0v) is 11.5. The van der Waals surface area contributed by atoms with Crippen molar-refractivity contribution >= 4 is 21.8 Å². The van der Waals surface area contributed by atoms with Gasteiger partial charge in [-0.15, -0.1) is 0 Å². The van der Waals surface area contributed by atoms with Crippen molar-refractivity contribution in [2.24, 2.45) is 11.8 Å². The smallest absolute Gasteiger partial charge is 0.256 e. The predicted molar refractivity (Wildman–Crippen MR) is 70.1 cm³/mol. The molecule has 1 aliphatic heterocycles. The fourth-order valence-electron chi connectivity index (χ4n) is 3.12. The molecule has 5 heteroatoms. The Morgan fingerprint density at radius 3 is 3.00 bits per heavy atom. The van der Waals surface area contributed by atoms with E-state index in [0.29, 0.717) is 22.6 Å². The highest BCUT2D eigenvalue weighted by molar-refractivity contribution is 9.10. The van der Waals surface area contributed by atoms with Crippen LogP contribution in [0.2, 0.25) is 0 Å². The van der Waals surface area contributed by atoms with Gasteiger partial charge in [-0.05, 0) is 46.8 Å². The average molecular weight is 311 g/mol. The Kier molecular flexibility index (Phi) is 3.11. The van der Waals surface area contributed by atoms with Crippen LogP contribution in [0.15, 0.2) is 22.9 Å². The summed E-state index contributed by atoms with van der Waals surface area (Å²) in [6, 6.07) is 3.55. The van der Waals surface area contributed by atoms with Gasteiger partial charge in [0.1, 0.15) is 4.60 Å². The van der Waals surface area contributed by atoms with Crippen molar-refractivity contribution in [1.82, 2.24) is 9.88 Å². The molecule has 0 bridgehead atoms. The van der Waals surface area contributed by atoms with Crippen LogP contribution in [0.25, 0.3) is 0 Å². The van der Waals surface area contributed by atoms with Crippen LogP contribution >= 0.6 is 15.9 Å². The Labute approximate surface area is 114 Å². The van der Waals surface area contributed by atoms with Crippen molar-refractivity contribution in [1.29, 1.82) is 0 Å². The number of amides is 1. The van der Waals surface area contributed by atoms with Crippen molar-refractivity contribution < 1.29 is 9.90 Å². The van der Waals surface area contributed by atoms with Crippen LogP contribution in [-0.4, -0.2) is 40.1 Å². The number of carbonyl (C=O) groups excluding carboxylic acids is 1. The summed E-state index contributed by atoms with van der Waals surface area (Å²) in [6.45, 7) is 1.44. The van der Waals surface area contributed by atoms with Crippen LogP contribution in [0.1, 0.15) is 23.2 Å². The highest BCUT2D eigenvalue weighted by Gasteiger charge is 2.43. The number of pyridine rings is 1. The predicted octanol–water partition coefficient (Wildman–Crippen LogP) is 1.69. The van der Waals surface area contributed by atoms with E-state index in [9.17, 15) is 9.90 Å². The van der Waals surface area contributed by atoms with E-state index >= 15 is 0 Å². The molecular weight excluding hydrogens is 296 g/mol. The lowest BCUT2D eigenvalue weighted by molar-refractivity contribution is 0.0751. The number of fused-ring (bicyclic) bond motifs is 1. The maximum atomic E-state index is 12.4. The van der Waals surface area contributed by atoms with Crippen LogP contribution in [-0.2, 0) is 0 Å². The Morgan fingerprint density at radius 2 is 2.28 bits per heavy atom. The summed E-state index contributed by atoms with van der Waals surface area (Å²) in [6.07, 6.45) is 3.34. The number of halogens is 1. The minimum atomic E-state index is -0.231. The monoisotopic (exact) mass is 310 g/mol. The molecule has 1 N–H and O–H groups in total. The van der Waals surface area contributed by atoms with Gasteiger partial charge < -0.3 is 10.0 Å². The number of aliphatic hydroxyl groups excluding tert-OH is 1. The first-order valence-corrected chi connectivity index (χ1v) is 7.04. The molecule has 2 aliphatic rings. The van der Waals surface area contributed by atoms with E-state index in [1.807, 2.05) is 4.90 Å². The van der Waals surface area contributed by atoms with Gasteiger partial charge in [0.05, 0.1) is 11.7 Å². The SMILES string of the molecule is O=C(c1cccnc1Br)N1CC2CCC(O)C2C1. The van der Waals surface area contributed by atoms with Gasteiger partial charge in [0.25, 0.3) is 5.91 Å². The van der Waals surface area contributed by atoms with Crippen molar-refractivity contribution in [3.05, 3.63) is 28.5 Å². The number of carbonyl (C=O) groups is 1. The summed E-state index contributed by atoms with van der Waals surface area (Å²) < 4.78 is 0.590. The van der Waals surface area contributed by atoms with Gasteiger partial charge in [-0.25, -0.2) is 4.98 Å². The number of aliphatic hydroxyl groups is 1. The van der Waals surface area contributed by atoms with Crippen molar-refractivity contribution in [2.45, 2.75) is 18.9 Å². The number of rotatable bonds is 1. The number of hydrogen-bond donors (Lipinski definition) is 1. The first-order chi connectivity index (χ1) is 8.66. The maximum Gasteiger partial charge on any atom is 0.256 e. The second-order valence-electron chi connectivity index (χ2n) is 5.12. The maximum absolute atomic E-state index is 12.4. The summed E-state index contributed by atoms with van der Waals surface area (Å²) >= 11 is 3.31. The van der Waals surface area contributed by atoms with Crippen LogP contribution in [0.5, 0.6) is 0 Å². The average Bonchev–Trinajstić information content (AvgIpc) is 2.92. The molecule has 1 aromatic rings. The highest BCUT2D eigenvalue weighted by Crippen LogP contribution is 2.38. The topological polar surface area (TPSA) is 53.4 Å². The lowest BCUT2D eigenvalue weighted by Crippen LogP contribution is -2.31. The second kappa shape index (κ2) is 4.63. The van der Waals surface area contributed by atoms with Gasteiger partial charge in [-0.2, -0.15) is 0 Å². The van der Waals surface area contributed by atoms with E-state index in [0.717, 1.165) is 19.4 Å². The molecule has 1 amide bonds. The summed E-state index contributed by atoms with van der Waals surface area (Å²) in [4.78, 5) is 18.3. The summed E-state index contributed by atoms with van der Waals surface area (Å²) in [5, 5.41) is 9.86. The van der Waals surface area contributed by atoms with Crippen molar-refractivity contribution in [3.63, 3.8) is 0 Å². The molecular formula is C13H15BrN2O2. The zero-order chi connectivity index (χ0) is 12.7. The molecule has 96 valence electrons. The zero-order valence-electron chi connectivity index (χ0n) is 9.92. The van der Waals surface area contributed by atoms with E-state index in [2.05, 4.69) is 20.9 Å². The third-order valence-corrected chi connectivity index (χ3v) is 4.73. The van der Waals surface area contributed by atoms with Crippen LogP contribution < -0.4 is 0 Å². The molecule has 2 heterocycles. The minimum absolute atomic E-state index is 0.0107. The molecule has 1 aromatic heterocycles. The fourth-order valence-corrected chi connectivity index (χ4v) is 3.54. The molecule has 1 aliphatic carbocycles. The highest BCUT2D eigenvalue weighted by atomic mass is 79.9. The second-order valence-corrected chi connectivity index (χ2v) is 5.87. The molecule has 3 unspecified atom stereocenters. The molecule has 3 atom stereocenters. The Bertz CT molecular complexity index is 480. The quantitative estimate of drug-likeness (QED) is 0.803. The fraction of sp³-hybridized carbons (Fsp3) is 0.538. The standard InChI is InChI=1S/C13H15BrN2O2/c14-12-9(2-1-5-15-12)13(18)16-6-8-3-4-11(17)10(8)7-16/h1-2,5,8,10-11,17H,3-4,6-7H2. The molecule has 0 spiro atoms. The van der Waals surface area contributed by atoms with Crippen LogP contribution in [0.4, 0.5) is 0 Å². The van der Waals surface area contributed by atoms with Crippen LogP contribution in [0.3, 0.4) is 0 Å². The molecule has 0 aromatic carbocycles. The van der Waals surface area contributed by atoms with E-state index in [-0.39, 0.29) is 17.9 Å². The molecule has 1 saturated carbocycles.